The molecule has 2 atom stereocenters. The van der Waals surface area contributed by atoms with Gasteiger partial charge in [-0.25, -0.2) is 0 Å². The van der Waals surface area contributed by atoms with Gasteiger partial charge in [-0.3, -0.25) is 0 Å². The predicted molar refractivity (Wildman–Crippen MR) is 57.2 cm³/mol. The molecule has 1 saturated heterocycles. The Morgan fingerprint density at radius 2 is 1.86 bits per heavy atom. The molecule has 1 aliphatic carbocycles. The van der Waals surface area contributed by atoms with Crippen LogP contribution in [-0.2, 0) is 4.74 Å². The van der Waals surface area contributed by atoms with Crippen LogP contribution < -0.4 is 11.1 Å². The van der Waals surface area contributed by atoms with Crippen LogP contribution in [0, 0.1) is 0 Å². The molecule has 0 aromatic carbocycles. The molecule has 3 N–H and O–H groups in total. The van der Waals surface area contributed by atoms with E-state index < -0.39 is 0 Å². The first-order valence-corrected chi connectivity index (χ1v) is 5.95. The van der Waals surface area contributed by atoms with Crippen LogP contribution in [0.4, 0.5) is 0 Å². The average Bonchev–Trinajstić information content (AvgIpc) is 2.23. The summed E-state index contributed by atoms with van der Waals surface area (Å²) in [5, 5.41) is 3.70. The molecule has 82 valence electrons. The van der Waals surface area contributed by atoms with E-state index in [0.717, 1.165) is 25.7 Å². The van der Waals surface area contributed by atoms with Crippen LogP contribution in [0.3, 0.4) is 0 Å². The molecule has 2 fully saturated rings. The standard InChI is InChI=1S/C11H22N2O/c12-10-8-14-7-6-11(10)13-9-4-2-1-3-5-9/h9-11,13H,1-8,12H2/t10-,11?/m1/s1. The smallest absolute Gasteiger partial charge is 0.0632 e. The van der Waals surface area contributed by atoms with Gasteiger partial charge in [0.2, 0.25) is 0 Å². The van der Waals surface area contributed by atoms with E-state index in [1.807, 2.05) is 0 Å². The van der Waals surface area contributed by atoms with E-state index in [-0.39, 0.29) is 6.04 Å². The van der Waals surface area contributed by atoms with Crippen molar-refractivity contribution in [2.24, 2.45) is 5.73 Å². The van der Waals surface area contributed by atoms with Crippen molar-refractivity contribution in [3.8, 4) is 0 Å². The number of hydrogen-bond acceptors (Lipinski definition) is 3. The Bertz CT molecular complexity index is 169. The van der Waals surface area contributed by atoms with Crippen molar-refractivity contribution in [3.63, 3.8) is 0 Å². The highest BCUT2D eigenvalue weighted by atomic mass is 16.5. The quantitative estimate of drug-likeness (QED) is 0.696. The molecule has 0 aromatic rings. The number of ether oxygens (including phenoxy) is 1. The zero-order valence-electron chi connectivity index (χ0n) is 8.87. The fourth-order valence-electron chi connectivity index (χ4n) is 2.54. The summed E-state index contributed by atoms with van der Waals surface area (Å²) in [6, 6.07) is 1.41. The van der Waals surface area contributed by atoms with Gasteiger partial charge < -0.3 is 15.8 Å². The van der Waals surface area contributed by atoms with E-state index >= 15 is 0 Å². The highest BCUT2D eigenvalue weighted by Gasteiger charge is 2.25. The van der Waals surface area contributed by atoms with Crippen LogP contribution in [0.5, 0.6) is 0 Å². The lowest BCUT2D eigenvalue weighted by atomic mass is 9.93. The molecular weight excluding hydrogens is 176 g/mol. The highest BCUT2D eigenvalue weighted by molar-refractivity contribution is 4.86. The maximum absolute atomic E-state index is 6.01. The molecule has 0 amide bonds. The third-order valence-electron chi connectivity index (χ3n) is 3.46. The van der Waals surface area contributed by atoms with Gasteiger partial charge >= 0.3 is 0 Å². The number of nitrogens with two attached hydrogens (primary N) is 1. The monoisotopic (exact) mass is 198 g/mol. The van der Waals surface area contributed by atoms with Crippen molar-refractivity contribution >= 4 is 0 Å². The average molecular weight is 198 g/mol. The maximum atomic E-state index is 6.01. The Balaban J connectivity index is 1.76. The van der Waals surface area contributed by atoms with Crippen molar-refractivity contribution in [2.45, 2.75) is 56.7 Å². The Morgan fingerprint density at radius 1 is 1.07 bits per heavy atom. The molecule has 1 saturated carbocycles. The molecule has 2 rings (SSSR count). The second kappa shape index (κ2) is 5.10. The molecule has 1 unspecified atom stereocenters. The van der Waals surface area contributed by atoms with E-state index in [2.05, 4.69) is 5.32 Å². The van der Waals surface area contributed by atoms with Crippen LogP contribution in [-0.4, -0.2) is 31.3 Å². The molecule has 14 heavy (non-hydrogen) atoms. The normalized spacial score (nSPS) is 35.8. The van der Waals surface area contributed by atoms with Crippen molar-refractivity contribution in [3.05, 3.63) is 0 Å². The number of rotatable bonds is 2. The van der Waals surface area contributed by atoms with E-state index in [1.165, 1.54) is 32.1 Å². The summed E-state index contributed by atoms with van der Waals surface area (Å²) in [6.07, 6.45) is 7.94. The summed E-state index contributed by atoms with van der Waals surface area (Å²) in [5.41, 5.74) is 6.01. The minimum Gasteiger partial charge on any atom is -0.380 e. The van der Waals surface area contributed by atoms with E-state index in [9.17, 15) is 0 Å². The van der Waals surface area contributed by atoms with Gasteiger partial charge in [0.1, 0.15) is 0 Å². The molecule has 0 aromatic heterocycles. The van der Waals surface area contributed by atoms with E-state index in [4.69, 9.17) is 10.5 Å². The fourth-order valence-corrected chi connectivity index (χ4v) is 2.54. The van der Waals surface area contributed by atoms with Gasteiger partial charge in [0.05, 0.1) is 6.61 Å². The summed E-state index contributed by atoms with van der Waals surface area (Å²) in [6.45, 7) is 1.60. The van der Waals surface area contributed by atoms with Gasteiger partial charge in [-0.2, -0.15) is 0 Å². The van der Waals surface area contributed by atoms with Gasteiger partial charge in [0.15, 0.2) is 0 Å². The van der Waals surface area contributed by atoms with Gasteiger partial charge in [-0.15, -0.1) is 0 Å². The second-order valence-corrected chi connectivity index (χ2v) is 4.64. The Morgan fingerprint density at radius 3 is 2.57 bits per heavy atom. The van der Waals surface area contributed by atoms with Gasteiger partial charge in [-0.05, 0) is 19.3 Å². The molecule has 1 aliphatic heterocycles. The Kier molecular flexibility index (Phi) is 3.79. The minimum atomic E-state index is 0.200. The first-order valence-electron chi connectivity index (χ1n) is 5.95. The third-order valence-corrected chi connectivity index (χ3v) is 3.46. The van der Waals surface area contributed by atoms with Crippen molar-refractivity contribution < 1.29 is 4.74 Å². The number of nitrogens with one attached hydrogen (secondary N) is 1. The summed E-state index contributed by atoms with van der Waals surface area (Å²) >= 11 is 0. The van der Waals surface area contributed by atoms with Crippen LogP contribution >= 0.6 is 0 Å². The Hall–Kier alpha value is -0.120. The minimum absolute atomic E-state index is 0.200. The molecule has 2 aliphatic rings. The summed E-state index contributed by atoms with van der Waals surface area (Å²) < 4.78 is 5.34. The molecule has 0 radical (unpaired) electrons. The topological polar surface area (TPSA) is 47.3 Å². The molecule has 1 heterocycles. The van der Waals surface area contributed by atoms with Gasteiger partial charge in [0.25, 0.3) is 0 Å². The fraction of sp³-hybridized carbons (Fsp3) is 1.00. The van der Waals surface area contributed by atoms with Crippen molar-refractivity contribution in [1.29, 1.82) is 0 Å². The van der Waals surface area contributed by atoms with Crippen LogP contribution in [0.1, 0.15) is 38.5 Å². The predicted octanol–water partition coefficient (Wildman–Crippen LogP) is 1.02. The largest absolute Gasteiger partial charge is 0.380 e. The van der Waals surface area contributed by atoms with E-state index in [1.54, 1.807) is 0 Å². The second-order valence-electron chi connectivity index (χ2n) is 4.64. The zero-order chi connectivity index (χ0) is 9.80. The van der Waals surface area contributed by atoms with Gasteiger partial charge in [0, 0.05) is 24.7 Å². The molecule has 0 bridgehead atoms. The van der Waals surface area contributed by atoms with Crippen LogP contribution in [0.15, 0.2) is 0 Å². The van der Waals surface area contributed by atoms with Crippen molar-refractivity contribution in [1.82, 2.24) is 5.32 Å². The summed E-state index contributed by atoms with van der Waals surface area (Å²) in [5.74, 6) is 0. The third kappa shape index (κ3) is 2.69. The lowest BCUT2D eigenvalue weighted by Gasteiger charge is -2.34. The highest BCUT2D eigenvalue weighted by Crippen LogP contribution is 2.19. The van der Waals surface area contributed by atoms with Crippen LogP contribution in [0.25, 0.3) is 0 Å². The molecule has 0 spiro atoms. The van der Waals surface area contributed by atoms with E-state index in [0.29, 0.717) is 6.04 Å². The first kappa shape index (κ1) is 10.4. The number of hydrogen-bond donors (Lipinski definition) is 2. The summed E-state index contributed by atoms with van der Waals surface area (Å²) in [7, 11) is 0. The van der Waals surface area contributed by atoms with Gasteiger partial charge in [-0.1, -0.05) is 19.3 Å². The SMILES string of the molecule is N[C@@H]1COCCC1NC1CCCCC1. The molecule has 3 nitrogen and oxygen atoms in total. The Labute approximate surface area is 86.4 Å². The maximum Gasteiger partial charge on any atom is 0.0632 e. The first-order chi connectivity index (χ1) is 6.86. The lowest BCUT2D eigenvalue weighted by molar-refractivity contribution is 0.0571. The molecular formula is C11H22N2O. The zero-order valence-corrected chi connectivity index (χ0v) is 8.87. The molecule has 3 heteroatoms. The lowest BCUT2D eigenvalue weighted by Crippen LogP contribution is -2.54. The summed E-state index contributed by atoms with van der Waals surface area (Å²) in [4.78, 5) is 0. The van der Waals surface area contributed by atoms with Crippen molar-refractivity contribution in [2.75, 3.05) is 13.2 Å². The van der Waals surface area contributed by atoms with Crippen LogP contribution in [0.2, 0.25) is 0 Å².